The standard InChI is InChI=1S/C17H23ClN4S/c1-4-19-17(20-10-9-16-21-11-12(2)23-16)22-13(3)14-5-7-15(18)8-6-14/h5-8,11,13H,4,9-10H2,1-3H3,(H2,19,20,22). The number of thiazole rings is 1. The van der Waals surface area contributed by atoms with Crippen molar-refractivity contribution < 1.29 is 0 Å². The van der Waals surface area contributed by atoms with Gasteiger partial charge in [0, 0.05) is 35.6 Å². The Hall–Kier alpha value is -1.59. The number of nitrogens with zero attached hydrogens (tertiary/aromatic N) is 2. The number of hydrogen-bond acceptors (Lipinski definition) is 3. The molecule has 0 spiro atoms. The number of aromatic nitrogens is 1. The molecule has 0 aliphatic carbocycles. The van der Waals surface area contributed by atoms with Crippen LogP contribution in [0.5, 0.6) is 0 Å². The van der Waals surface area contributed by atoms with E-state index in [0.717, 1.165) is 35.5 Å². The Bertz CT molecular complexity index is 636. The number of benzene rings is 1. The number of aryl methyl sites for hydroxylation is 1. The number of rotatable bonds is 6. The summed E-state index contributed by atoms with van der Waals surface area (Å²) in [6, 6.07) is 8.03. The molecule has 1 aromatic carbocycles. The molecule has 0 aliphatic heterocycles. The molecule has 1 atom stereocenters. The molecule has 0 fully saturated rings. The third kappa shape index (κ3) is 5.84. The molecular formula is C17H23ClN4S. The smallest absolute Gasteiger partial charge is 0.191 e. The van der Waals surface area contributed by atoms with E-state index in [9.17, 15) is 0 Å². The quantitative estimate of drug-likeness (QED) is 0.612. The van der Waals surface area contributed by atoms with E-state index in [1.165, 1.54) is 10.4 Å². The minimum Gasteiger partial charge on any atom is -0.357 e. The van der Waals surface area contributed by atoms with E-state index in [0.29, 0.717) is 0 Å². The molecule has 1 unspecified atom stereocenters. The van der Waals surface area contributed by atoms with Crippen LogP contribution in [0.15, 0.2) is 35.5 Å². The summed E-state index contributed by atoms with van der Waals surface area (Å²) in [5.41, 5.74) is 1.18. The molecule has 0 saturated carbocycles. The highest BCUT2D eigenvalue weighted by molar-refractivity contribution is 7.11. The number of nitrogens with one attached hydrogen (secondary N) is 2. The van der Waals surface area contributed by atoms with Gasteiger partial charge in [0.1, 0.15) is 0 Å². The molecule has 4 nitrogen and oxygen atoms in total. The van der Waals surface area contributed by atoms with Gasteiger partial charge in [0.15, 0.2) is 5.96 Å². The molecule has 0 bridgehead atoms. The average molecular weight is 351 g/mol. The van der Waals surface area contributed by atoms with Gasteiger partial charge >= 0.3 is 0 Å². The number of halogens is 1. The van der Waals surface area contributed by atoms with Crippen molar-refractivity contribution in [2.24, 2.45) is 4.99 Å². The normalized spacial score (nSPS) is 13.0. The Balaban J connectivity index is 1.93. The lowest BCUT2D eigenvalue weighted by atomic mass is 10.1. The topological polar surface area (TPSA) is 49.3 Å². The van der Waals surface area contributed by atoms with Crippen LogP contribution in [-0.4, -0.2) is 24.0 Å². The number of aliphatic imine (C=N–C) groups is 1. The summed E-state index contributed by atoms with van der Waals surface area (Å²) >= 11 is 7.67. The highest BCUT2D eigenvalue weighted by Crippen LogP contribution is 2.16. The molecule has 1 aromatic heterocycles. The molecular weight excluding hydrogens is 328 g/mol. The number of guanidine groups is 1. The maximum atomic E-state index is 5.94. The lowest BCUT2D eigenvalue weighted by molar-refractivity contribution is 0.686. The van der Waals surface area contributed by atoms with Crippen molar-refractivity contribution in [2.45, 2.75) is 33.2 Å². The maximum absolute atomic E-state index is 5.94. The van der Waals surface area contributed by atoms with Crippen LogP contribution >= 0.6 is 22.9 Å². The van der Waals surface area contributed by atoms with Crippen molar-refractivity contribution in [3.8, 4) is 0 Å². The molecule has 124 valence electrons. The second kappa shape index (κ2) is 8.89. The Kier molecular flexibility index (Phi) is 6.86. The largest absolute Gasteiger partial charge is 0.357 e. The van der Waals surface area contributed by atoms with E-state index in [2.05, 4.69) is 41.4 Å². The zero-order valence-electron chi connectivity index (χ0n) is 13.8. The van der Waals surface area contributed by atoms with Gasteiger partial charge in [-0.2, -0.15) is 0 Å². The molecule has 2 N–H and O–H groups in total. The van der Waals surface area contributed by atoms with Crippen molar-refractivity contribution in [1.82, 2.24) is 15.6 Å². The van der Waals surface area contributed by atoms with Crippen molar-refractivity contribution in [3.63, 3.8) is 0 Å². The second-order valence-electron chi connectivity index (χ2n) is 5.29. The fourth-order valence-corrected chi connectivity index (χ4v) is 3.04. The molecule has 0 aliphatic rings. The Morgan fingerprint density at radius 3 is 2.70 bits per heavy atom. The summed E-state index contributed by atoms with van der Waals surface area (Å²) in [4.78, 5) is 10.2. The van der Waals surface area contributed by atoms with E-state index in [1.807, 2.05) is 30.5 Å². The van der Waals surface area contributed by atoms with E-state index >= 15 is 0 Å². The summed E-state index contributed by atoms with van der Waals surface area (Å²) in [7, 11) is 0. The maximum Gasteiger partial charge on any atom is 0.191 e. The van der Waals surface area contributed by atoms with Gasteiger partial charge in [-0.25, -0.2) is 4.98 Å². The fourth-order valence-electron chi connectivity index (χ4n) is 2.14. The molecule has 6 heteroatoms. The van der Waals surface area contributed by atoms with Crippen LogP contribution in [0, 0.1) is 6.92 Å². The SMILES string of the molecule is CCNC(=NCCc1ncc(C)s1)NC(C)c1ccc(Cl)cc1. The zero-order valence-corrected chi connectivity index (χ0v) is 15.3. The van der Waals surface area contributed by atoms with Crippen LogP contribution in [0.2, 0.25) is 5.02 Å². The van der Waals surface area contributed by atoms with E-state index in [1.54, 1.807) is 11.3 Å². The Labute approximate surface area is 147 Å². The Morgan fingerprint density at radius 1 is 1.35 bits per heavy atom. The lowest BCUT2D eigenvalue weighted by Gasteiger charge is -2.18. The molecule has 0 radical (unpaired) electrons. The molecule has 1 heterocycles. The van der Waals surface area contributed by atoms with Crippen LogP contribution in [0.4, 0.5) is 0 Å². The fraction of sp³-hybridized carbons (Fsp3) is 0.412. The minimum absolute atomic E-state index is 0.159. The van der Waals surface area contributed by atoms with Gasteiger partial charge in [-0.05, 0) is 38.5 Å². The average Bonchev–Trinajstić information content (AvgIpc) is 2.93. The van der Waals surface area contributed by atoms with Gasteiger partial charge < -0.3 is 10.6 Å². The third-order valence-electron chi connectivity index (χ3n) is 3.33. The van der Waals surface area contributed by atoms with Crippen molar-refractivity contribution in [3.05, 3.63) is 50.9 Å². The van der Waals surface area contributed by atoms with E-state index < -0.39 is 0 Å². The van der Waals surface area contributed by atoms with Gasteiger partial charge in [-0.1, -0.05) is 23.7 Å². The number of hydrogen-bond donors (Lipinski definition) is 2. The first-order chi connectivity index (χ1) is 11.1. The van der Waals surface area contributed by atoms with E-state index in [4.69, 9.17) is 11.6 Å². The van der Waals surface area contributed by atoms with Gasteiger partial charge in [0.2, 0.25) is 0 Å². The molecule has 2 aromatic rings. The van der Waals surface area contributed by atoms with Crippen molar-refractivity contribution in [2.75, 3.05) is 13.1 Å². The van der Waals surface area contributed by atoms with Crippen molar-refractivity contribution in [1.29, 1.82) is 0 Å². The first-order valence-corrected chi connectivity index (χ1v) is 8.99. The molecule has 2 rings (SSSR count). The highest BCUT2D eigenvalue weighted by Gasteiger charge is 2.07. The van der Waals surface area contributed by atoms with Gasteiger partial charge in [-0.15, -0.1) is 11.3 Å². The van der Waals surface area contributed by atoms with Crippen molar-refractivity contribution >= 4 is 28.9 Å². The lowest BCUT2D eigenvalue weighted by Crippen LogP contribution is -2.38. The summed E-state index contributed by atoms with van der Waals surface area (Å²) < 4.78 is 0. The van der Waals surface area contributed by atoms with Gasteiger partial charge in [-0.3, -0.25) is 4.99 Å². The highest BCUT2D eigenvalue weighted by atomic mass is 35.5. The summed E-state index contributed by atoms with van der Waals surface area (Å²) in [5, 5.41) is 8.59. The minimum atomic E-state index is 0.159. The zero-order chi connectivity index (χ0) is 16.7. The second-order valence-corrected chi connectivity index (χ2v) is 7.05. The first kappa shape index (κ1) is 17.8. The Morgan fingerprint density at radius 2 is 2.09 bits per heavy atom. The van der Waals surface area contributed by atoms with Gasteiger partial charge in [0.05, 0.1) is 11.0 Å². The van der Waals surface area contributed by atoms with Crippen LogP contribution in [-0.2, 0) is 6.42 Å². The van der Waals surface area contributed by atoms with Crippen LogP contribution in [0.25, 0.3) is 0 Å². The summed E-state index contributed by atoms with van der Waals surface area (Å²) in [6.45, 7) is 7.80. The molecule has 0 saturated heterocycles. The summed E-state index contributed by atoms with van der Waals surface area (Å²) in [5.74, 6) is 0.822. The molecule has 0 amide bonds. The monoisotopic (exact) mass is 350 g/mol. The molecule has 23 heavy (non-hydrogen) atoms. The van der Waals surface area contributed by atoms with Crippen LogP contribution in [0.3, 0.4) is 0 Å². The van der Waals surface area contributed by atoms with Gasteiger partial charge in [0.25, 0.3) is 0 Å². The van der Waals surface area contributed by atoms with Crippen LogP contribution < -0.4 is 10.6 Å². The van der Waals surface area contributed by atoms with Crippen LogP contribution in [0.1, 0.15) is 35.3 Å². The first-order valence-electron chi connectivity index (χ1n) is 7.80. The third-order valence-corrected chi connectivity index (χ3v) is 4.56. The predicted molar refractivity (Wildman–Crippen MR) is 99.5 cm³/mol. The van der Waals surface area contributed by atoms with E-state index in [-0.39, 0.29) is 6.04 Å². The predicted octanol–water partition coefficient (Wildman–Crippen LogP) is 3.96. The summed E-state index contributed by atoms with van der Waals surface area (Å²) in [6.07, 6.45) is 2.78.